The zero-order valence-corrected chi connectivity index (χ0v) is 18.2. The molecule has 0 bridgehead atoms. The second-order valence-corrected chi connectivity index (χ2v) is 9.19. The summed E-state index contributed by atoms with van der Waals surface area (Å²) >= 11 is 6.17. The van der Waals surface area contributed by atoms with Crippen LogP contribution in [0.25, 0.3) is 5.69 Å². The first-order chi connectivity index (χ1) is 14.9. The molecular weight excluding hydrogens is 442 g/mol. The minimum absolute atomic E-state index is 0.0708. The molecule has 0 unspecified atom stereocenters. The maximum Gasteiger partial charge on any atom is 0.278 e. The van der Waals surface area contributed by atoms with Gasteiger partial charge in [0.05, 0.1) is 29.6 Å². The van der Waals surface area contributed by atoms with Crippen molar-refractivity contribution in [3.8, 4) is 5.69 Å². The van der Waals surface area contributed by atoms with E-state index in [1.165, 1.54) is 27.3 Å². The van der Waals surface area contributed by atoms with Gasteiger partial charge >= 0.3 is 0 Å². The summed E-state index contributed by atoms with van der Waals surface area (Å²) in [5, 5.41) is 11.3. The van der Waals surface area contributed by atoms with E-state index in [2.05, 4.69) is 15.5 Å². The van der Waals surface area contributed by atoms with E-state index in [1.807, 2.05) is 30.3 Å². The smallest absolute Gasteiger partial charge is 0.278 e. The number of benzene rings is 2. The number of amides is 1. The number of nitrogens with one attached hydrogen (secondary N) is 1. The number of hydrogen-bond donors (Lipinski definition) is 1. The summed E-state index contributed by atoms with van der Waals surface area (Å²) in [4.78, 5) is 14.1. The zero-order valence-electron chi connectivity index (χ0n) is 16.7. The quantitative estimate of drug-likeness (QED) is 0.625. The van der Waals surface area contributed by atoms with Crippen molar-refractivity contribution >= 4 is 33.2 Å². The number of hydrogen-bond acceptors (Lipinski definition) is 6. The molecule has 3 aromatic rings. The minimum atomic E-state index is -3.82. The van der Waals surface area contributed by atoms with Gasteiger partial charge in [-0.2, -0.15) is 14.2 Å². The molecule has 9 nitrogen and oxygen atoms in total. The molecule has 31 heavy (non-hydrogen) atoms. The summed E-state index contributed by atoms with van der Waals surface area (Å²) < 4.78 is 32.5. The average molecular weight is 462 g/mol. The number of halogens is 1. The van der Waals surface area contributed by atoms with Gasteiger partial charge in [0.25, 0.3) is 5.91 Å². The lowest BCUT2D eigenvalue weighted by Crippen LogP contribution is -2.40. The van der Waals surface area contributed by atoms with Crippen LogP contribution < -0.4 is 5.32 Å². The Kier molecular flexibility index (Phi) is 6.05. The van der Waals surface area contributed by atoms with Crippen molar-refractivity contribution in [1.82, 2.24) is 19.3 Å². The van der Waals surface area contributed by atoms with Crippen molar-refractivity contribution < 1.29 is 17.9 Å². The number of nitrogens with zero attached hydrogens (tertiary/aromatic N) is 4. The van der Waals surface area contributed by atoms with Crippen molar-refractivity contribution in [2.24, 2.45) is 0 Å². The highest BCUT2D eigenvalue weighted by Gasteiger charge is 2.29. The standard InChI is InChI=1S/C20H20ClN5O4S/c1-14-19(24-26(23-14)16-5-3-2-4-6-16)20(27)22-15-7-8-17(21)18(13-15)31(28,29)25-9-11-30-12-10-25/h2-8,13H,9-12H2,1H3,(H,22,27). The number of aryl methyl sites for hydroxylation is 1. The van der Waals surface area contributed by atoms with E-state index in [0.29, 0.717) is 18.9 Å². The predicted molar refractivity (Wildman–Crippen MR) is 115 cm³/mol. The van der Waals surface area contributed by atoms with Gasteiger partial charge in [-0.1, -0.05) is 29.8 Å². The minimum Gasteiger partial charge on any atom is -0.379 e. The van der Waals surface area contributed by atoms with E-state index in [9.17, 15) is 13.2 Å². The lowest BCUT2D eigenvalue weighted by Gasteiger charge is -2.26. The van der Waals surface area contributed by atoms with Crippen LogP contribution in [0.2, 0.25) is 5.02 Å². The van der Waals surface area contributed by atoms with Gasteiger partial charge in [-0.05, 0) is 37.3 Å². The fraction of sp³-hybridized carbons (Fsp3) is 0.250. The molecule has 0 saturated carbocycles. The van der Waals surface area contributed by atoms with E-state index in [1.54, 1.807) is 6.92 Å². The third-order valence-electron chi connectivity index (χ3n) is 4.76. The molecule has 2 heterocycles. The molecule has 162 valence electrons. The van der Waals surface area contributed by atoms with Crippen LogP contribution in [-0.4, -0.2) is 59.9 Å². The van der Waals surface area contributed by atoms with E-state index in [0.717, 1.165) is 5.69 Å². The SMILES string of the molecule is Cc1nn(-c2ccccc2)nc1C(=O)Nc1ccc(Cl)c(S(=O)(=O)N2CCOCC2)c1. The summed E-state index contributed by atoms with van der Waals surface area (Å²) in [6.45, 7) is 2.82. The maximum absolute atomic E-state index is 13.0. The Morgan fingerprint density at radius 3 is 2.52 bits per heavy atom. The maximum atomic E-state index is 13.0. The van der Waals surface area contributed by atoms with Crippen LogP contribution in [0.1, 0.15) is 16.2 Å². The van der Waals surface area contributed by atoms with Gasteiger partial charge in [0.2, 0.25) is 10.0 Å². The van der Waals surface area contributed by atoms with Gasteiger partial charge < -0.3 is 10.1 Å². The summed E-state index contributed by atoms with van der Waals surface area (Å²) in [5.41, 5.74) is 1.58. The van der Waals surface area contributed by atoms with E-state index in [-0.39, 0.29) is 34.4 Å². The normalized spacial score (nSPS) is 15.0. The lowest BCUT2D eigenvalue weighted by molar-refractivity contribution is 0.0730. The molecule has 1 aliphatic heterocycles. The molecule has 0 spiro atoms. The Morgan fingerprint density at radius 2 is 1.81 bits per heavy atom. The monoisotopic (exact) mass is 461 g/mol. The molecule has 1 amide bonds. The molecule has 1 fully saturated rings. The molecule has 1 saturated heterocycles. The molecule has 2 aromatic carbocycles. The first kappa shape index (κ1) is 21.4. The number of carbonyl (C=O) groups is 1. The summed E-state index contributed by atoms with van der Waals surface area (Å²) in [5.74, 6) is -0.503. The highest BCUT2D eigenvalue weighted by molar-refractivity contribution is 7.89. The van der Waals surface area contributed by atoms with Crippen LogP contribution in [-0.2, 0) is 14.8 Å². The van der Waals surface area contributed by atoms with E-state index < -0.39 is 15.9 Å². The fourth-order valence-corrected chi connectivity index (χ4v) is 5.07. The Balaban J connectivity index is 1.58. The summed E-state index contributed by atoms with van der Waals surface area (Å²) in [6, 6.07) is 13.5. The van der Waals surface area contributed by atoms with Crippen molar-refractivity contribution in [2.75, 3.05) is 31.6 Å². The second-order valence-electron chi connectivity index (χ2n) is 6.87. The molecule has 0 aliphatic carbocycles. The van der Waals surface area contributed by atoms with Crippen molar-refractivity contribution in [3.05, 3.63) is 64.9 Å². The third kappa shape index (κ3) is 4.47. The van der Waals surface area contributed by atoms with Crippen molar-refractivity contribution in [1.29, 1.82) is 0 Å². The first-order valence-corrected chi connectivity index (χ1v) is 11.4. The van der Waals surface area contributed by atoms with Gasteiger partial charge in [0.15, 0.2) is 5.69 Å². The Hall–Kier alpha value is -2.79. The molecule has 0 radical (unpaired) electrons. The van der Waals surface area contributed by atoms with Crippen molar-refractivity contribution in [3.63, 3.8) is 0 Å². The fourth-order valence-electron chi connectivity index (χ4n) is 3.16. The molecule has 11 heteroatoms. The Bertz CT molecular complexity index is 1210. The van der Waals surface area contributed by atoms with E-state index in [4.69, 9.17) is 16.3 Å². The van der Waals surface area contributed by atoms with Gasteiger partial charge in [0.1, 0.15) is 4.90 Å². The van der Waals surface area contributed by atoms with Gasteiger partial charge in [-0.25, -0.2) is 8.42 Å². The molecule has 4 rings (SSSR count). The van der Waals surface area contributed by atoms with Crippen molar-refractivity contribution in [2.45, 2.75) is 11.8 Å². The van der Waals surface area contributed by atoms with Crippen LogP contribution in [0.3, 0.4) is 0 Å². The average Bonchev–Trinajstić information content (AvgIpc) is 3.18. The van der Waals surface area contributed by atoms with Gasteiger partial charge in [-0.15, -0.1) is 5.10 Å². The molecular formula is C20H20ClN5O4S. The lowest BCUT2D eigenvalue weighted by atomic mass is 10.3. The Morgan fingerprint density at radius 1 is 1.10 bits per heavy atom. The Labute approximate surface area is 184 Å². The van der Waals surface area contributed by atoms with Gasteiger partial charge in [-0.3, -0.25) is 4.79 Å². The zero-order chi connectivity index (χ0) is 22.0. The molecule has 1 N–H and O–H groups in total. The number of anilines is 1. The second kappa shape index (κ2) is 8.75. The molecule has 1 aromatic heterocycles. The highest BCUT2D eigenvalue weighted by Crippen LogP contribution is 2.28. The molecule has 1 aliphatic rings. The van der Waals surface area contributed by atoms with Crippen LogP contribution >= 0.6 is 11.6 Å². The largest absolute Gasteiger partial charge is 0.379 e. The van der Waals surface area contributed by atoms with E-state index >= 15 is 0 Å². The van der Waals surface area contributed by atoms with Crippen LogP contribution in [0, 0.1) is 6.92 Å². The van der Waals surface area contributed by atoms with Crippen LogP contribution in [0.5, 0.6) is 0 Å². The summed E-state index contributed by atoms with van der Waals surface area (Å²) in [6.07, 6.45) is 0. The van der Waals surface area contributed by atoms with Gasteiger partial charge in [0, 0.05) is 18.8 Å². The number of carbonyl (C=O) groups excluding carboxylic acids is 1. The predicted octanol–water partition coefficient (Wildman–Crippen LogP) is 2.50. The number of aromatic nitrogens is 3. The molecule has 0 atom stereocenters. The number of sulfonamides is 1. The third-order valence-corrected chi connectivity index (χ3v) is 7.14. The number of morpholine rings is 1. The first-order valence-electron chi connectivity index (χ1n) is 9.54. The number of para-hydroxylation sites is 1. The van der Waals surface area contributed by atoms with Crippen LogP contribution in [0.4, 0.5) is 5.69 Å². The number of ether oxygens (including phenoxy) is 1. The highest BCUT2D eigenvalue weighted by atomic mass is 35.5. The van der Waals surface area contributed by atoms with Crippen LogP contribution in [0.15, 0.2) is 53.4 Å². The topological polar surface area (TPSA) is 106 Å². The number of rotatable bonds is 5. The summed E-state index contributed by atoms with van der Waals surface area (Å²) in [7, 11) is -3.82.